The predicted octanol–water partition coefficient (Wildman–Crippen LogP) is 3.70. The third-order valence-corrected chi connectivity index (χ3v) is 4.42. The number of hydrogen-bond donors (Lipinski definition) is 0. The first-order chi connectivity index (χ1) is 12.1. The number of carbonyl (C=O) groups excluding carboxylic acids is 1. The smallest absolute Gasteiger partial charge is 0.232 e. The Kier molecular flexibility index (Phi) is 3.80. The van der Waals surface area contributed by atoms with Crippen molar-refractivity contribution >= 4 is 11.6 Å². The summed E-state index contributed by atoms with van der Waals surface area (Å²) in [6.45, 7) is 2.09. The number of amides is 1. The van der Waals surface area contributed by atoms with Crippen LogP contribution in [0, 0.1) is 12.7 Å². The molecule has 5 nitrogen and oxygen atoms in total. The van der Waals surface area contributed by atoms with E-state index in [0.29, 0.717) is 29.5 Å². The first kappa shape index (κ1) is 15.5. The van der Waals surface area contributed by atoms with E-state index in [2.05, 4.69) is 10.1 Å². The van der Waals surface area contributed by atoms with Crippen molar-refractivity contribution in [1.82, 2.24) is 10.1 Å². The molecule has 1 aromatic heterocycles. The van der Waals surface area contributed by atoms with Gasteiger partial charge in [-0.2, -0.15) is 4.98 Å². The van der Waals surface area contributed by atoms with Crippen molar-refractivity contribution in [3.8, 4) is 11.4 Å². The van der Waals surface area contributed by atoms with Crippen LogP contribution < -0.4 is 4.90 Å². The minimum atomic E-state index is -0.321. The number of anilines is 1. The lowest BCUT2D eigenvalue weighted by molar-refractivity contribution is -0.117. The van der Waals surface area contributed by atoms with Gasteiger partial charge in [0.1, 0.15) is 5.82 Å². The monoisotopic (exact) mass is 337 g/mol. The van der Waals surface area contributed by atoms with Gasteiger partial charge in [-0.05, 0) is 24.6 Å². The lowest BCUT2D eigenvalue weighted by atomic mass is 10.1. The molecule has 2 aromatic carbocycles. The van der Waals surface area contributed by atoms with E-state index in [1.165, 1.54) is 6.07 Å². The number of benzene rings is 2. The highest BCUT2D eigenvalue weighted by atomic mass is 19.1. The molecule has 1 saturated heterocycles. The third-order valence-electron chi connectivity index (χ3n) is 4.42. The van der Waals surface area contributed by atoms with Crippen LogP contribution in [0.4, 0.5) is 10.1 Å². The Morgan fingerprint density at radius 3 is 2.76 bits per heavy atom. The first-order valence-corrected chi connectivity index (χ1v) is 8.07. The fourth-order valence-corrected chi connectivity index (χ4v) is 2.98. The lowest BCUT2D eigenvalue weighted by Crippen LogP contribution is -2.24. The van der Waals surface area contributed by atoms with Gasteiger partial charge in [0.25, 0.3) is 0 Å². The maximum Gasteiger partial charge on any atom is 0.232 e. The van der Waals surface area contributed by atoms with Crippen LogP contribution in [0.25, 0.3) is 11.4 Å². The molecule has 0 N–H and O–H groups in total. The van der Waals surface area contributed by atoms with Gasteiger partial charge < -0.3 is 9.42 Å². The van der Waals surface area contributed by atoms with Crippen LogP contribution in [0.3, 0.4) is 0 Å². The fraction of sp³-hybridized carbons (Fsp3) is 0.211. The van der Waals surface area contributed by atoms with Gasteiger partial charge in [0.05, 0.1) is 5.92 Å². The van der Waals surface area contributed by atoms with Gasteiger partial charge in [-0.15, -0.1) is 0 Å². The van der Waals surface area contributed by atoms with Gasteiger partial charge >= 0.3 is 0 Å². The van der Waals surface area contributed by atoms with Gasteiger partial charge in [-0.1, -0.05) is 41.6 Å². The van der Waals surface area contributed by atoms with Crippen molar-refractivity contribution in [2.75, 3.05) is 11.4 Å². The Morgan fingerprint density at radius 2 is 2.00 bits per heavy atom. The fourth-order valence-electron chi connectivity index (χ4n) is 2.98. The van der Waals surface area contributed by atoms with Crippen LogP contribution in [-0.2, 0) is 4.79 Å². The Hall–Kier alpha value is -3.02. The summed E-state index contributed by atoms with van der Waals surface area (Å²) in [5.41, 5.74) is 1.97. The first-order valence-electron chi connectivity index (χ1n) is 8.07. The molecule has 1 aliphatic rings. The van der Waals surface area contributed by atoms with E-state index in [9.17, 15) is 9.18 Å². The Bertz CT molecular complexity index is 923. The molecule has 126 valence electrons. The SMILES string of the molecule is Cc1ccc(N2C[C@@H](c3nc(-c4ccccc4)no3)CC2=O)cc1F. The maximum atomic E-state index is 13.8. The molecule has 25 heavy (non-hydrogen) atoms. The predicted molar refractivity (Wildman–Crippen MR) is 90.6 cm³/mol. The van der Waals surface area contributed by atoms with Crippen molar-refractivity contribution < 1.29 is 13.7 Å². The molecule has 4 rings (SSSR count). The quantitative estimate of drug-likeness (QED) is 0.731. The zero-order valence-electron chi connectivity index (χ0n) is 13.6. The highest BCUT2D eigenvalue weighted by molar-refractivity contribution is 5.96. The Balaban J connectivity index is 1.56. The van der Waals surface area contributed by atoms with Gasteiger partial charge in [-0.25, -0.2) is 4.39 Å². The Labute approximate surface area is 144 Å². The van der Waals surface area contributed by atoms with E-state index in [-0.39, 0.29) is 24.1 Å². The molecule has 0 aliphatic carbocycles. The summed E-state index contributed by atoms with van der Waals surface area (Å²) in [4.78, 5) is 18.3. The summed E-state index contributed by atoms with van der Waals surface area (Å²) < 4.78 is 19.2. The zero-order valence-corrected chi connectivity index (χ0v) is 13.6. The molecule has 6 heteroatoms. The second kappa shape index (κ2) is 6.12. The van der Waals surface area contributed by atoms with Crippen molar-refractivity contribution in [1.29, 1.82) is 0 Å². The summed E-state index contributed by atoms with van der Waals surface area (Å²) in [5.74, 6) is 0.345. The summed E-state index contributed by atoms with van der Waals surface area (Å²) in [6.07, 6.45) is 0.270. The molecule has 0 spiro atoms. The largest absolute Gasteiger partial charge is 0.339 e. The molecular weight excluding hydrogens is 321 g/mol. The minimum Gasteiger partial charge on any atom is -0.339 e. The van der Waals surface area contributed by atoms with Gasteiger partial charge in [0.15, 0.2) is 0 Å². The molecule has 0 unspecified atom stereocenters. The van der Waals surface area contributed by atoms with Gasteiger partial charge in [-0.3, -0.25) is 4.79 Å². The maximum absolute atomic E-state index is 13.8. The lowest BCUT2D eigenvalue weighted by Gasteiger charge is -2.16. The van der Waals surface area contributed by atoms with Gasteiger partial charge in [0, 0.05) is 24.2 Å². The van der Waals surface area contributed by atoms with Crippen LogP contribution in [0.1, 0.15) is 23.8 Å². The number of aryl methyl sites for hydroxylation is 1. The highest BCUT2D eigenvalue weighted by Crippen LogP contribution is 2.32. The highest BCUT2D eigenvalue weighted by Gasteiger charge is 2.35. The molecule has 0 bridgehead atoms. The molecule has 1 aliphatic heterocycles. The van der Waals surface area contributed by atoms with Crippen molar-refractivity contribution in [3.63, 3.8) is 0 Å². The number of nitrogens with zero attached hydrogens (tertiary/aromatic N) is 3. The molecular formula is C19H16FN3O2. The second-order valence-corrected chi connectivity index (χ2v) is 6.16. The van der Waals surface area contributed by atoms with E-state index >= 15 is 0 Å². The molecule has 0 saturated carbocycles. The van der Waals surface area contributed by atoms with E-state index in [4.69, 9.17) is 4.52 Å². The second-order valence-electron chi connectivity index (χ2n) is 6.16. The van der Waals surface area contributed by atoms with E-state index in [1.807, 2.05) is 30.3 Å². The third kappa shape index (κ3) is 2.91. The normalized spacial score (nSPS) is 17.3. The molecule has 1 amide bonds. The number of carbonyl (C=O) groups is 1. The topological polar surface area (TPSA) is 59.2 Å². The number of aromatic nitrogens is 2. The summed E-state index contributed by atoms with van der Waals surface area (Å²) in [6, 6.07) is 14.3. The number of hydrogen-bond acceptors (Lipinski definition) is 4. The van der Waals surface area contributed by atoms with Crippen LogP contribution in [-0.4, -0.2) is 22.6 Å². The van der Waals surface area contributed by atoms with E-state index in [1.54, 1.807) is 24.0 Å². The minimum absolute atomic E-state index is 0.0762. The van der Waals surface area contributed by atoms with Crippen molar-refractivity contribution in [2.24, 2.45) is 0 Å². The molecule has 1 fully saturated rings. The average Bonchev–Trinajstić information content (AvgIpc) is 3.25. The zero-order chi connectivity index (χ0) is 17.4. The van der Waals surface area contributed by atoms with Crippen LogP contribution in [0.2, 0.25) is 0 Å². The van der Waals surface area contributed by atoms with Crippen LogP contribution in [0.5, 0.6) is 0 Å². The summed E-state index contributed by atoms with van der Waals surface area (Å²) in [7, 11) is 0. The van der Waals surface area contributed by atoms with E-state index < -0.39 is 0 Å². The molecule has 1 atom stereocenters. The van der Waals surface area contributed by atoms with Crippen LogP contribution in [0.15, 0.2) is 53.1 Å². The number of halogens is 1. The number of rotatable bonds is 3. The van der Waals surface area contributed by atoms with Gasteiger partial charge in [0.2, 0.25) is 17.6 Å². The average molecular weight is 337 g/mol. The standard InChI is InChI=1S/C19H16FN3O2/c1-12-7-8-15(10-16(12)20)23-11-14(9-17(23)24)19-21-18(22-25-19)13-5-3-2-4-6-13/h2-8,10,14H,9,11H2,1H3/t14-/m0/s1. The summed E-state index contributed by atoms with van der Waals surface area (Å²) >= 11 is 0. The molecule has 0 radical (unpaired) electrons. The van der Waals surface area contributed by atoms with Crippen molar-refractivity contribution in [2.45, 2.75) is 19.3 Å². The van der Waals surface area contributed by atoms with E-state index in [0.717, 1.165) is 5.56 Å². The van der Waals surface area contributed by atoms with Crippen molar-refractivity contribution in [3.05, 3.63) is 65.8 Å². The van der Waals surface area contributed by atoms with Crippen LogP contribution >= 0.6 is 0 Å². The molecule has 2 heterocycles. The molecule has 3 aromatic rings. The summed E-state index contributed by atoms with van der Waals surface area (Å²) in [5, 5.41) is 4.00. The Morgan fingerprint density at radius 1 is 1.20 bits per heavy atom.